The number of hydrogen-bond donors (Lipinski definition) is 2. The molecule has 1 aromatic heterocycles. The van der Waals surface area contributed by atoms with Gasteiger partial charge >= 0.3 is 0 Å². The number of rotatable bonds is 8. The van der Waals surface area contributed by atoms with E-state index in [1.165, 1.54) is 5.56 Å². The van der Waals surface area contributed by atoms with Gasteiger partial charge in [0.2, 0.25) is 17.6 Å². The van der Waals surface area contributed by atoms with Crippen LogP contribution >= 0.6 is 0 Å². The topological polar surface area (TPSA) is 97.1 Å². The lowest BCUT2D eigenvalue weighted by molar-refractivity contribution is -0.116. The summed E-state index contributed by atoms with van der Waals surface area (Å²) in [5.41, 5.74) is 3.25. The molecule has 4 rings (SSSR count). The van der Waals surface area contributed by atoms with Gasteiger partial charge < -0.3 is 15.2 Å². The molecule has 0 spiro atoms. The van der Waals surface area contributed by atoms with Crippen molar-refractivity contribution in [2.45, 2.75) is 51.5 Å². The lowest BCUT2D eigenvalue weighted by atomic mass is 10.0. The summed E-state index contributed by atoms with van der Waals surface area (Å²) in [4.78, 5) is 28.9. The number of anilines is 1. The van der Waals surface area contributed by atoms with E-state index in [4.69, 9.17) is 4.52 Å². The number of hydrogen-bond acceptors (Lipinski definition) is 5. The summed E-state index contributed by atoms with van der Waals surface area (Å²) in [7, 11) is 0. The molecule has 2 amide bonds. The second-order valence-corrected chi connectivity index (χ2v) is 8.17. The van der Waals surface area contributed by atoms with Crippen LogP contribution in [-0.4, -0.2) is 28.0 Å². The average Bonchev–Trinajstić information content (AvgIpc) is 3.45. The lowest BCUT2D eigenvalue weighted by Gasteiger charge is -2.07. The Kier molecular flexibility index (Phi) is 6.11. The molecule has 2 aromatic carbocycles. The Labute approximate surface area is 181 Å². The predicted octanol–water partition coefficient (Wildman–Crippen LogP) is 4.32. The van der Waals surface area contributed by atoms with Gasteiger partial charge in [-0.05, 0) is 42.5 Å². The Balaban J connectivity index is 1.30. The highest BCUT2D eigenvalue weighted by atomic mass is 16.5. The van der Waals surface area contributed by atoms with Gasteiger partial charge in [0.1, 0.15) is 0 Å². The normalized spacial score (nSPS) is 13.3. The van der Waals surface area contributed by atoms with E-state index in [0.29, 0.717) is 35.3 Å². The highest BCUT2D eigenvalue weighted by Gasteiger charge is 2.23. The zero-order valence-corrected chi connectivity index (χ0v) is 17.7. The molecule has 1 saturated carbocycles. The van der Waals surface area contributed by atoms with Gasteiger partial charge in [-0.15, -0.1) is 0 Å². The monoisotopic (exact) mass is 418 g/mol. The molecule has 0 radical (unpaired) electrons. The van der Waals surface area contributed by atoms with Gasteiger partial charge in [-0.1, -0.05) is 49.3 Å². The molecule has 160 valence electrons. The molecule has 31 heavy (non-hydrogen) atoms. The van der Waals surface area contributed by atoms with Gasteiger partial charge in [0.05, 0.1) is 0 Å². The fourth-order valence-corrected chi connectivity index (χ4v) is 3.17. The molecule has 1 aliphatic carbocycles. The fraction of sp³-hybridized carbons (Fsp3) is 0.333. The number of carbonyl (C=O) groups is 2. The van der Waals surface area contributed by atoms with E-state index in [-0.39, 0.29) is 24.3 Å². The van der Waals surface area contributed by atoms with Crippen molar-refractivity contribution < 1.29 is 14.1 Å². The van der Waals surface area contributed by atoms with Crippen LogP contribution in [0, 0.1) is 0 Å². The van der Waals surface area contributed by atoms with Gasteiger partial charge in [-0.2, -0.15) is 4.98 Å². The van der Waals surface area contributed by atoms with E-state index in [1.54, 1.807) is 24.3 Å². The van der Waals surface area contributed by atoms with Crippen molar-refractivity contribution in [3.63, 3.8) is 0 Å². The molecule has 3 aromatic rings. The largest absolute Gasteiger partial charge is 0.349 e. The molecular weight excluding hydrogens is 392 g/mol. The summed E-state index contributed by atoms with van der Waals surface area (Å²) in [6, 6.07) is 15.3. The molecule has 0 bridgehead atoms. The fourth-order valence-electron chi connectivity index (χ4n) is 3.17. The van der Waals surface area contributed by atoms with Gasteiger partial charge in [-0.3, -0.25) is 9.59 Å². The minimum atomic E-state index is -0.180. The van der Waals surface area contributed by atoms with Crippen molar-refractivity contribution in [3.05, 3.63) is 65.5 Å². The highest BCUT2D eigenvalue weighted by Crippen LogP contribution is 2.21. The van der Waals surface area contributed by atoms with E-state index in [2.05, 4.69) is 46.8 Å². The standard InChI is InChI=1S/C24H26N4O3/c1-15(2)16-6-8-17(9-7-16)23-27-22(31-28-23)13-12-21(29)25-20-5-3-4-18(14-20)24(30)26-19-10-11-19/h3-9,14-15,19H,10-13H2,1-2H3,(H,25,29)(H,26,30). The minimum absolute atomic E-state index is 0.113. The Morgan fingerprint density at radius 1 is 1.13 bits per heavy atom. The number of benzene rings is 2. The van der Waals surface area contributed by atoms with Crippen LogP contribution in [0.5, 0.6) is 0 Å². The van der Waals surface area contributed by atoms with Crippen molar-refractivity contribution in [3.8, 4) is 11.4 Å². The van der Waals surface area contributed by atoms with Crippen molar-refractivity contribution >= 4 is 17.5 Å². The number of carbonyl (C=O) groups excluding carboxylic acids is 2. The number of amides is 2. The van der Waals surface area contributed by atoms with Crippen LogP contribution in [0.15, 0.2) is 53.1 Å². The third-order valence-electron chi connectivity index (χ3n) is 5.19. The van der Waals surface area contributed by atoms with Crippen molar-refractivity contribution in [2.75, 3.05) is 5.32 Å². The van der Waals surface area contributed by atoms with Crippen molar-refractivity contribution in [1.82, 2.24) is 15.5 Å². The second kappa shape index (κ2) is 9.12. The van der Waals surface area contributed by atoms with Crippen LogP contribution in [0.4, 0.5) is 5.69 Å². The van der Waals surface area contributed by atoms with Gasteiger partial charge in [0.15, 0.2) is 0 Å². The summed E-state index contributed by atoms with van der Waals surface area (Å²) >= 11 is 0. The predicted molar refractivity (Wildman–Crippen MR) is 118 cm³/mol. The van der Waals surface area contributed by atoms with Crippen molar-refractivity contribution in [2.24, 2.45) is 0 Å². The number of nitrogens with one attached hydrogen (secondary N) is 2. The third-order valence-corrected chi connectivity index (χ3v) is 5.19. The minimum Gasteiger partial charge on any atom is -0.349 e. The molecule has 1 heterocycles. The number of aromatic nitrogens is 2. The Hall–Kier alpha value is -3.48. The maximum Gasteiger partial charge on any atom is 0.251 e. The lowest BCUT2D eigenvalue weighted by Crippen LogP contribution is -2.25. The van der Waals surface area contributed by atoms with Gasteiger partial charge in [0.25, 0.3) is 5.91 Å². The van der Waals surface area contributed by atoms with Gasteiger partial charge in [-0.25, -0.2) is 0 Å². The van der Waals surface area contributed by atoms with E-state index in [1.807, 2.05) is 12.1 Å². The van der Waals surface area contributed by atoms with Crippen LogP contribution in [0.25, 0.3) is 11.4 Å². The third kappa shape index (κ3) is 5.57. The number of aryl methyl sites for hydroxylation is 1. The average molecular weight is 418 g/mol. The Bertz CT molecular complexity index is 1070. The summed E-state index contributed by atoms with van der Waals surface area (Å²) in [6.07, 6.45) is 2.60. The maximum absolute atomic E-state index is 12.3. The molecule has 0 aliphatic heterocycles. The smallest absolute Gasteiger partial charge is 0.251 e. The second-order valence-electron chi connectivity index (χ2n) is 8.17. The van der Waals surface area contributed by atoms with E-state index >= 15 is 0 Å². The van der Waals surface area contributed by atoms with Crippen LogP contribution in [-0.2, 0) is 11.2 Å². The zero-order valence-electron chi connectivity index (χ0n) is 17.7. The van der Waals surface area contributed by atoms with Crippen LogP contribution in [0.1, 0.15) is 60.8 Å². The first-order valence-corrected chi connectivity index (χ1v) is 10.6. The molecule has 0 saturated heterocycles. The first-order valence-electron chi connectivity index (χ1n) is 10.6. The molecule has 1 fully saturated rings. The molecule has 2 N–H and O–H groups in total. The summed E-state index contributed by atoms with van der Waals surface area (Å²) in [5.74, 6) is 1.09. The molecule has 7 heteroatoms. The summed E-state index contributed by atoms with van der Waals surface area (Å²) in [6.45, 7) is 4.29. The molecule has 1 aliphatic rings. The molecular formula is C24H26N4O3. The zero-order chi connectivity index (χ0) is 21.8. The van der Waals surface area contributed by atoms with E-state index in [9.17, 15) is 9.59 Å². The van der Waals surface area contributed by atoms with Crippen molar-refractivity contribution in [1.29, 1.82) is 0 Å². The summed E-state index contributed by atoms with van der Waals surface area (Å²) < 4.78 is 5.30. The van der Waals surface area contributed by atoms with Crippen LogP contribution in [0.3, 0.4) is 0 Å². The Morgan fingerprint density at radius 3 is 2.61 bits per heavy atom. The van der Waals surface area contributed by atoms with Crippen LogP contribution in [0.2, 0.25) is 0 Å². The maximum atomic E-state index is 12.3. The molecule has 0 unspecified atom stereocenters. The highest BCUT2D eigenvalue weighted by molar-refractivity contribution is 5.97. The van der Waals surface area contributed by atoms with E-state index in [0.717, 1.165) is 18.4 Å². The van der Waals surface area contributed by atoms with Gasteiger partial charge in [0, 0.05) is 35.7 Å². The Morgan fingerprint density at radius 2 is 1.90 bits per heavy atom. The summed E-state index contributed by atoms with van der Waals surface area (Å²) in [5, 5.41) is 9.79. The quantitative estimate of drug-likeness (QED) is 0.568. The SMILES string of the molecule is CC(C)c1ccc(-c2noc(CCC(=O)Nc3cccc(C(=O)NC4CC4)c3)n2)cc1. The first kappa shape index (κ1) is 20.8. The number of nitrogens with zero attached hydrogens (tertiary/aromatic N) is 2. The first-order chi connectivity index (χ1) is 15.0. The molecule has 0 atom stereocenters. The molecule has 7 nitrogen and oxygen atoms in total. The van der Waals surface area contributed by atoms with Crippen LogP contribution < -0.4 is 10.6 Å². The van der Waals surface area contributed by atoms with E-state index < -0.39 is 0 Å².